The summed E-state index contributed by atoms with van der Waals surface area (Å²) in [6.45, 7) is 0. The van der Waals surface area contributed by atoms with E-state index in [0.29, 0.717) is 17.2 Å². The molecule has 0 atom stereocenters. The highest BCUT2D eigenvalue weighted by atomic mass is 19.4. The molecule has 0 aliphatic heterocycles. The normalized spacial score (nSPS) is 14.2. The van der Waals surface area contributed by atoms with Gasteiger partial charge in [0.15, 0.2) is 0 Å². The number of hydrogen-bond acceptors (Lipinski definition) is 5. The molecule has 0 unspecified atom stereocenters. The zero-order valence-corrected chi connectivity index (χ0v) is 17.1. The second-order valence-electron chi connectivity index (χ2n) is 7.65. The number of carbonyl (C=O) groups is 1. The van der Waals surface area contributed by atoms with E-state index in [0.717, 1.165) is 37.8 Å². The van der Waals surface area contributed by atoms with Gasteiger partial charge in [0.05, 0.1) is 5.56 Å². The molecular weight excluding hydrogens is 419 g/mol. The molecule has 1 saturated carbocycles. The quantitative estimate of drug-likeness (QED) is 0.430. The van der Waals surface area contributed by atoms with Gasteiger partial charge < -0.3 is 16.0 Å². The monoisotopic (exact) mass is 441 g/mol. The predicted molar refractivity (Wildman–Crippen MR) is 117 cm³/mol. The summed E-state index contributed by atoms with van der Waals surface area (Å²) in [5.41, 5.74) is 0.864. The van der Waals surface area contributed by atoms with Crippen molar-refractivity contribution in [3.05, 3.63) is 66.4 Å². The van der Waals surface area contributed by atoms with Gasteiger partial charge in [-0.1, -0.05) is 25.0 Å². The Hall–Kier alpha value is -3.62. The fourth-order valence-electron chi connectivity index (χ4n) is 3.65. The van der Waals surface area contributed by atoms with Gasteiger partial charge >= 0.3 is 6.18 Å². The molecule has 166 valence electrons. The van der Waals surface area contributed by atoms with Crippen LogP contribution in [0.5, 0.6) is 0 Å². The molecule has 0 saturated heterocycles. The highest BCUT2D eigenvalue weighted by Gasteiger charge is 2.30. The molecule has 0 bridgehead atoms. The minimum Gasteiger partial charge on any atom is -0.340 e. The summed E-state index contributed by atoms with van der Waals surface area (Å²) in [5.74, 6) is 0.700. The molecule has 1 fully saturated rings. The van der Waals surface area contributed by atoms with Gasteiger partial charge in [-0.2, -0.15) is 18.2 Å². The Morgan fingerprint density at radius 2 is 1.59 bits per heavy atom. The Bertz CT molecular complexity index is 1100. The van der Waals surface area contributed by atoms with Crippen LogP contribution in [0.4, 0.5) is 42.0 Å². The van der Waals surface area contributed by atoms with E-state index in [4.69, 9.17) is 0 Å². The molecule has 3 N–H and O–H groups in total. The highest BCUT2D eigenvalue weighted by Crippen LogP contribution is 2.31. The lowest BCUT2D eigenvalue weighted by atomic mass is 10.1. The first-order valence-corrected chi connectivity index (χ1v) is 10.3. The van der Waals surface area contributed by atoms with Crippen molar-refractivity contribution < 1.29 is 18.0 Å². The fourth-order valence-corrected chi connectivity index (χ4v) is 3.65. The van der Waals surface area contributed by atoms with Crippen LogP contribution < -0.4 is 16.0 Å². The first kappa shape index (κ1) is 21.6. The summed E-state index contributed by atoms with van der Waals surface area (Å²) >= 11 is 0. The molecule has 0 radical (unpaired) electrons. The summed E-state index contributed by atoms with van der Waals surface area (Å²) in [5, 5.41) is 8.87. The van der Waals surface area contributed by atoms with Crippen molar-refractivity contribution in [3.8, 4) is 0 Å². The summed E-state index contributed by atoms with van der Waals surface area (Å²) in [6.07, 6.45) is 1.08. The van der Waals surface area contributed by atoms with Gasteiger partial charge in [0, 0.05) is 29.2 Å². The Morgan fingerprint density at radius 3 is 2.34 bits per heavy atom. The van der Waals surface area contributed by atoms with Crippen LogP contribution in [-0.4, -0.2) is 15.9 Å². The molecule has 1 amide bonds. The van der Waals surface area contributed by atoms with Crippen LogP contribution in [0.3, 0.4) is 0 Å². The van der Waals surface area contributed by atoms with Crippen molar-refractivity contribution >= 4 is 34.7 Å². The number of nitrogens with one attached hydrogen (secondary N) is 3. The lowest BCUT2D eigenvalue weighted by Gasteiger charge is -2.13. The second-order valence-corrected chi connectivity index (χ2v) is 7.65. The fraction of sp³-hybridized carbons (Fsp3) is 0.261. The largest absolute Gasteiger partial charge is 0.416 e. The van der Waals surface area contributed by atoms with Crippen molar-refractivity contribution in [1.82, 2.24) is 9.97 Å². The minimum atomic E-state index is -4.42. The van der Waals surface area contributed by atoms with E-state index in [9.17, 15) is 18.0 Å². The van der Waals surface area contributed by atoms with Crippen molar-refractivity contribution in [2.75, 3.05) is 16.0 Å². The Balaban J connectivity index is 1.43. The van der Waals surface area contributed by atoms with Gasteiger partial charge in [-0.15, -0.1) is 0 Å². The van der Waals surface area contributed by atoms with Gasteiger partial charge in [-0.3, -0.25) is 4.79 Å². The standard InChI is InChI=1S/C23H22F3N5O/c24-23(25,26)16-7-3-8-17(13-16)28-20-11-12-27-22(31-20)30-19-10-4-9-18(14-19)29-21(32)15-5-1-2-6-15/h3-4,7-15H,1-2,5-6H2,(H,29,32)(H2,27,28,30,31). The molecule has 32 heavy (non-hydrogen) atoms. The van der Waals surface area contributed by atoms with Crippen LogP contribution in [0.25, 0.3) is 0 Å². The van der Waals surface area contributed by atoms with Gasteiger partial charge in [0.1, 0.15) is 5.82 Å². The maximum atomic E-state index is 12.9. The number of carbonyl (C=O) groups excluding carboxylic acids is 1. The third-order valence-corrected chi connectivity index (χ3v) is 5.23. The van der Waals surface area contributed by atoms with Crippen LogP contribution in [0.1, 0.15) is 31.2 Å². The van der Waals surface area contributed by atoms with Gasteiger partial charge in [-0.05, 0) is 55.3 Å². The van der Waals surface area contributed by atoms with Crippen LogP contribution in [0, 0.1) is 5.92 Å². The van der Waals surface area contributed by atoms with E-state index in [1.165, 1.54) is 18.3 Å². The number of halogens is 3. The predicted octanol–water partition coefficient (Wildman–Crippen LogP) is 6.11. The van der Waals surface area contributed by atoms with E-state index in [-0.39, 0.29) is 23.5 Å². The number of anilines is 5. The molecule has 2 aromatic carbocycles. The van der Waals surface area contributed by atoms with Crippen LogP contribution >= 0.6 is 0 Å². The first-order chi connectivity index (χ1) is 15.4. The third kappa shape index (κ3) is 5.54. The van der Waals surface area contributed by atoms with E-state index < -0.39 is 11.7 Å². The number of nitrogens with zero attached hydrogens (tertiary/aromatic N) is 2. The van der Waals surface area contributed by atoms with E-state index in [1.807, 2.05) is 12.1 Å². The molecule has 0 spiro atoms. The van der Waals surface area contributed by atoms with Gasteiger partial charge in [-0.25, -0.2) is 4.98 Å². The molecule has 1 heterocycles. The zero-order valence-electron chi connectivity index (χ0n) is 17.1. The summed E-state index contributed by atoms with van der Waals surface area (Å²) in [4.78, 5) is 20.8. The van der Waals surface area contributed by atoms with Crippen molar-refractivity contribution in [1.29, 1.82) is 0 Å². The Labute approximate surface area is 183 Å². The molecule has 3 aromatic rings. The summed E-state index contributed by atoms with van der Waals surface area (Å²) in [6, 6.07) is 13.6. The van der Waals surface area contributed by atoms with Gasteiger partial charge in [0.25, 0.3) is 0 Å². The molecule has 4 rings (SSSR count). The summed E-state index contributed by atoms with van der Waals surface area (Å²) < 4.78 is 38.8. The van der Waals surface area contributed by atoms with Crippen LogP contribution in [0.2, 0.25) is 0 Å². The van der Waals surface area contributed by atoms with Crippen LogP contribution in [-0.2, 0) is 11.0 Å². The highest BCUT2D eigenvalue weighted by molar-refractivity contribution is 5.93. The summed E-state index contributed by atoms with van der Waals surface area (Å²) in [7, 11) is 0. The van der Waals surface area contributed by atoms with E-state index in [1.54, 1.807) is 18.2 Å². The SMILES string of the molecule is O=C(Nc1cccc(Nc2nccc(Nc3cccc(C(F)(F)F)c3)n2)c1)C1CCCC1. The van der Waals surface area contributed by atoms with E-state index in [2.05, 4.69) is 25.9 Å². The average Bonchev–Trinajstić information content (AvgIpc) is 3.29. The molecule has 1 aliphatic carbocycles. The Kier molecular flexibility index (Phi) is 6.25. The number of alkyl halides is 3. The zero-order chi connectivity index (χ0) is 22.6. The maximum absolute atomic E-state index is 12.9. The average molecular weight is 441 g/mol. The molecular formula is C23H22F3N5O. The minimum absolute atomic E-state index is 0.0307. The second kappa shape index (κ2) is 9.25. The van der Waals surface area contributed by atoms with E-state index >= 15 is 0 Å². The van der Waals surface area contributed by atoms with Crippen molar-refractivity contribution in [2.45, 2.75) is 31.9 Å². The topological polar surface area (TPSA) is 78.9 Å². The smallest absolute Gasteiger partial charge is 0.340 e. The van der Waals surface area contributed by atoms with Crippen LogP contribution in [0.15, 0.2) is 60.8 Å². The number of amides is 1. The first-order valence-electron chi connectivity index (χ1n) is 10.3. The Morgan fingerprint density at radius 1 is 0.906 bits per heavy atom. The number of rotatable bonds is 6. The molecule has 6 nitrogen and oxygen atoms in total. The molecule has 9 heteroatoms. The number of benzene rings is 2. The number of hydrogen-bond donors (Lipinski definition) is 3. The van der Waals surface area contributed by atoms with Crippen molar-refractivity contribution in [3.63, 3.8) is 0 Å². The lowest BCUT2D eigenvalue weighted by molar-refractivity contribution is -0.137. The maximum Gasteiger partial charge on any atom is 0.416 e. The third-order valence-electron chi connectivity index (χ3n) is 5.23. The number of aromatic nitrogens is 2. The lowest BCUT2D eigenvalue weighted by Crippen LogP contribution is -2.20. The molecule has 1 aromatic heterocycles. The van der Waals surface area contributed by atoms with Crippen molar-refractivity contribution in [2.24, 2.45) is 5.92 Å². The van der Waals surface area contributed by atoms with Gasteiger partial charge in [0.2, 0.25) is 11.9 Å². The molecule has 1 aliphatic rings.